The van der Waals surface area contributed by atoms with Gasteiger partial charge in [-0.3, -0.25) is 14.4 Å². The number of unbranched alkanes of at least 4 members (excludes halogenated alkanes) is 22. The van der Waals surface area contributed by atoms with Gasteiger partial charge in [-0.15, -0.1) is 0 Å². The van der Waals surface area contributed by atoms with Crippen molar-refractivity contribution >= 4 is 17.9 Å². The molecule has 6 nitrogen and oxygen atoms in total. The van der Waals surface area contributed by atoms with Gasteiger partial charge in [0.1, 0.15) is 13.2 Å². The van der Waals surface area contributed by atoms with Crippen LogP contribution in [0.5, 0.6) is 0 Å². The second-order valence-electron chi connectivity index (χ2n) is 18.1. The van der Waals surface area contributed by atoms with Gasteiger partial charge < -0.3 is 14.2 Å². The van der Waals surface area contributed by atoms with Gasteiger partial charge in [0, 0.05) is 19.3 Å². The Morgan fingerprint density at radius 1 is 0.313 bits per heavy atom. The molecular weight excluding hydrogens is 829 g/mol. The molecule has 6 heteroatoms. The van der Waals surface area contributed by atoms with Gasteiger partial charge in [0.15, 0.2) is 6.10 Å². The molecule has 0 rings (SSSR count). The lowest BCUT2D eigenvalue weighted by Gasteiger charge is -2.18. The minimum absolute atomic E-state index is 0.111. The molecule has 0 aliphatic heterocycles. The molecule has 0 amide bonds. The summed E-state index contributed by atoms with van der Waals surface area (Å²) in [6.45, 7) is 6.42. The van der Waals surface area contributed by atoms with Crippen molar-refractivity contribution in [1.29, 1.82) is 0 Å². The van der Waals surface area contributed by atoms with Gasteiger partial charge in [-0.25, -0.2) is 0 Å². The van der Waals surface area contributed by atoms with E-state index in [0.717, 1.165) is 83.5 Å². The normalized spacial score (nSPS) is 12.8. The maximum absolute atomic E-state index is 12.8. The Morgan fingerprint density at radius 3 is 0.985 bits per heavy atom. The van der Waals surface area contributed by atoms with Gasteiger partial charge >= 0.3 is 17.9 Å². The Hall–Kier alpha value is -3.67. The topological polar surface area (TPSA) is 78.9 Å². The van der Waals surface area contributed by atoms with Crippen LogP contribution in [0.15, 0.2) is 97.2 Å². The zero-order chi connectivity index (χ0) is 48.6. The zero-order valence-electron chi connectivity index (χ0n) is 43.6. The van der Waals surface area contributed by atoms with E-state index in [4.69, 9.17) is 14.2 Å². The van der Waals surface area contributed by atoms with E-state index in [1.807, 2.05) is 0 Å². The lowest BCUT2D eigenvalue weighted by molar-refractivity contribution is -0.167. The summed E-state index contributed by atoms with van der Waals surface area (Å²) in [6.07, 6.45) is 72.6. The van der Waals surface area contributed by atoms with E-state index in [-0.39, 0.29) is 37.5 Å². The highest BCUT2D eigenvalue weighted by atomic mass is 16.6. The predicted molar refractivity (Wildman–Crippen MR) is 288 cm³/mol. The third kappa shape index (κ3) is 53.2. The molecule has 0 aliphatic rings. The first-order valence-electron chi connectivity index (χ1n) is 27.7. The maximum atomic E-state index is 12.8. The summed E-state index contributed by atoms with van der Waals surface area (Å²) >= 11 is 0. The van der Waals surface area contributed by atoms with Gasteiger partial charge in [0.2, 0.25) is 0 Å². The highest BCUT2D eigenvalue weighted by molar-refractivity contribution is 5.71. The monoisotopic (exact) mass is 931 g/mol. The molecule has 0 bridgehead atoms. The standard InChI is InChI=1S/C61H102O6/c1-4-7-10-13-16-19-22-25-28-30-33-36-39-42-45-48-51-54-60(63)66-57-58(56-65-59(62)53-50-47-44-41-38-35-32-27-24-21-18-15-12-9-6-3)67-61(64)55-52-49-46-43-40-37-34-31-29-26-23-20-17-14-11-8-5-2/h9,12,17-18,20-21,26-27,29,32,34,37-38,41,43,46,58H,4-8,10-11,13-16,19,22-25,28,30-31,33,35-36,39-40,42,44-45,47-57H2,1-3H3/b12-9-,20-17-,21-18-,29-26-,32-27-,37-34-,41-38-,46-43-/t58-/m1/s1. The summed E-state index contributed by atoms with van der Waals surface area (Å²) in [5.41, 5.74) is 0. The SMILES string of the molecule is CC/C=C\C/C=C\C/C=C\C/C=C\CCCCC(=O)OC[C@H](COC(=O)CCCCCCCCCCCCCCCCCCC)OC(=O)CCC/C=C\C/C=C\C/C=C\C/C=C\CCCCC. The van der Waals surface area contributed by atoms with Gasteiger partial charge in [0.25, 0.3) is 0 Å². The zero-order valence-corrected chi connectivity index (χ0v) is 43.6. The lowest BCUT2D eigenvalue weighted by Crippen LogP contribution is -2.30. The Balaban J connectivity index is 4.52. The van der Waals surface area contributed by atoms with E-state index >= 15 is 0 Å². The molecule has 1 atom stereocenters. The van der Waals surface area contributed by atoms with Gasteiger partial charge in [0.05, 0.1) is 0 Å². The molecule has 0 spiro atoms. The Labute approximate surface area is 413 Å². The highest BCUT2D eigenvalue weighted by Crippen LogP contribution is 2.15. The molecule has 0 aromatic carbocycles. The van der Waals surface area contributed by atoms with E-state index in [2.05, 4.69) is 118 Å². The predicted octanol–water partition coefficient (Wildman–Crippen LogP) is 18.5. The summed E-state index contributed by atoms with van der Waals surface area (Å²) in [6, 6.07) is 0. The van der Waals surface area contributed by atoms with Crippen LogP contribution in [0.1, 0.15) is 252 Å². The fraction of sp³-hybridized carbons (Fsp3) is 0.689. The number of carbonyl (C=O) groups excluding carboxylic acids is 3. The summed E-state index contributed by atoms with van der Waals surface area (Å²) in [4.78, 5) is 38.1. The molecule has 0 saturated carbocycles. The minimum atomic E-state index is -0.822. The van der Waals surface area contributed by atoms with Crippen molar-refractivity contribution in [2.45, 2.75) is 258 Å². The van der Waals surface area contributed by atoms with Crippen LogP contribution in [0, 0.1) is 0 Å². The summed E-state index contributed by atoms with van der Waals surface area (Å²) in [5.74, 6) is -1.01. The first kappa shape index (κ1) is 63.3. The third-order valence-corrected chi connectivity index (χ3v) is 11.6. The van der Waals surface area contributed by atoms with Crippen molar-refractivity contribution in [3.8, 4) is 0 Å². The number of esters is 3. The molecule has 0 aromatic rings. The van der Waals surface area contributed by atoms with Crippen LogP contribution in [0.3, 0.4) is 0 Å². The van der Waals surface area contributed by atoms with E-state index in [9.17, 15) is 14.4 Å². The molecular formula is C61H102O6. The lowest BCUT2D eigenvalue weighted by atomic mass is 10.0. The van der Waals surface area contributed by atoms with Gasteiger partial charge in [-0.05, 0) is 96.3 Å². The first-order chi connectivity index (χ1) is 33.0. The van der Waals surface area contributed by atoms with Crippen molar-refractivity contribution in [2.24, 2.45) is 0 Å². The second-order valence-corrected chi connectivity index (χ2v) is 18.1. The van der Waals surface area contributed by atoms with Crippen molar-refractivity contribution in [3.05, 3.63) is 97.2 Å². The molecule has 0 unspecified atom stereocenters. The molecule has 0 radical (unpaired) electrons. The van der Waals surface area contributed by atoms with Crippen LogP contribution >= 0.6 is 0 Å². The van der Waals surface area contributed by atoms with Crippen molar-refractivity contribution < 1.29 is 28.6 Å². The quantitative estimate of drug-likeness (QED) is 0.0262. The van der Waals surface area contributed by atoms with Crippen molar-refractivity contribution in [2.75, 3.05) is 13.2 Å². The average molecular weight is 931 g/mol. The van der Waals surface area contributed by atoms with E-state index < -0.39 is 6.10 Å². The maximum Gasteiger partial charge on any atom is 0.306 e. The largest absolute Gasteiger partial charge is 0.462 e. The fourth-order valence-corrected chi connectivity index (χ4v) is 7.43. The van der Waals surface area contributed by atoms with Crippen molar-refractivity contribution in [1.82, 2.24) is 0 Å². The number of hydrogen-bond acceptors (Lipinski definition) is 6. The number of allylic oxidation sites excluding steroid dienone is 16. The Morgan fingerprint density at radius 2 is 0.597 bits per heavy atom. The van der Waals surface area contributed by atoms with Gasteiger partial charge in [-0.1, -0.05) is 234 Å². The molecule has 67 heavy (non-hydrogen) atoms. The van der Waals surface area contributed by atoms with Crippen LogP contribution in [-0.2, 0) is 28.6 Å². The molecule has 0 saturated heterocycles. The first-order valence-corrected chi connectivity index (χ1v) is 27.7. The average Bonchev–Trinajstić information content (AvgIpc) is 3.33. The summed E-state index contributed by atoms with van der Waals surface area (Å²) < 4.78 is 16.8. The number of ether oxygens (including phenoxy) is 3. The number of carbonyl (C=O) groups is 3. The van der Waals surface area contributed by atoms with Crippen LogP contribution < -0.4 is 0 Å². The molecule has 0 N–H and O–H groups in total. The molecule has 0 heterocycles. The van der Waals surface area contributed by atoms with Crippen LogP contribution in [0.2, 0.25) is 0 Å². The van der Waals surface area contributed by atoms with Crippen LogP contribution in [0.4, 0.5) is 0 Å². The van der Waals surface area contributed by atoms with E-state index in [1.54, 1.807) is 0 Å². The van der Waals surface area contributed by atoms with E-state index in [0.29, 0.717) is 25.7 Å². The third-order valence-electron chi connectivity index (χ3n) is 11.6. The number of rotatable bonds is 49. The fourth-order valence-electron chi connectivity index (χ4n) is 7.43. The van der Waals surface area contributed by atoms with Crippen LogP contribution in [-0.4, -0.2) is 37.2 Å². The highest BCUT2D eigenvalue weighted by Gasteiger charge is 2.19. The van der Waals surface area contributed by atoms with Crippen molar-refractivity contribution in [3.63, 3.8) is 0 Å². The van der Waals surface area contributed by atoms with E-state index in [1.165, 1.54) is 116 Å². The molecule has 0 fully saturated rings. The molecule has 382 valence electrons. The number of hydrogen-bond donors (Lipinski definition) is 0. The second kappa shape index (κ2) is 54.9. The molecule has 0 aromatic heterocycles. The Bertz CT molecular complexity index is 1350. The molecule has 0 aliphatic carbocycles. The summed E-state index contributed by atoms with van der Waals surface area (Å²) in [5, 5.41) is 0. The Kier molecular flexibility index (Phi) is 51.9. The van der Waals surface area contributed by atoms with Gasteiger partial charge in [-0.2, -0.15) is 0 Å². The summed E-state index contributed by atoms with van der Waals surface area (Å²) in [7, 11) is 0. The smallest absolute Gasteiger partial charge is 0.306 e. The van der Waals surface area contributed by atoms with Crippen LogP contribution in [0.25, 0.3) is 0 Å². The minimum Gasteiger partial charge on any atom is -0.462 e.